The lowest BCUT2D eigenvalue weighted by molar-refractivity contribution is 0.0690. The number of halogens is 2. The highest BCUT2D eigenvalue weighted by Gasteiger charge is 2.19. The molecule has 21 heavy (non-hydrogen) atoms. The predicted molar refractivity (Wildman–Crippen MR) is 84.6 cm³/mol. The number of carboxylic acids is 1. The van der Waals surface area contributed by atoms with Crippen molar-refractivity contribution in [3.8, 4) is 0 Å². The second-order valence-corrected chi connectivity index (χ2v) is 5.47. The fourth-order valence-corrected chi connectivity index (χ4v) is 2.55. The van der Waals surface area contributed by atoms with E-state index in [-0.39, 0.29) is 11.5 Å². The second-order valence-electron chi connectivity index (χ2n) is 4.27. The number of carbonyl (C=O) groups is 1. The zero-order valence-corrected chi connectivity index (χ0v) is 12.9. The van der Waals surface area contributed by atoms with E-state index in [1.54, 1.807) is 42.6 Å². The molecule has 0 unspecified atom stereocenters. The normalized spacial score (nSPS) is 10.8. The van der Waals surface area contributed by atoms with Crippen LogP contribution in [-0.4, -0.2) is 20.5 Å². The van der Waals surface area contributed by atoms with E-state index in [0.717, 1.165) is 0 Å². The molecular weight excluding hydrogens is 358 g/mol. The van der Waals surface area contributed by atoms with Gasteiger partial charge in [0.25, 0.3) is 0 Å². The number of rotatable bonds is 3. The van der Waals surface area contributed by atoms with Crippen molar-refractivity contribution in [2.75, 3.05) is 5.32 Å². The van der Waals surface area contributed by atoms with Crippen LogP contribution < -0.4 is 5.32 Å². The number of benzene rings is 1. The maximum Gasteiger partial charge on any atom is 0.356 e. The van der Waals surface area contributed by atoms with E-state index in [1.165, 1.54) is 4.40 Å². The summed E-state index contributed by atoms with van der Waals surface area (Å²) in [6.45, 7) is 0. The molecule has 0 atom stereocenters. The third-order valence-corrected chi connectivity index (χ3v) is 4.33. The summed E-state index contributed by atoms with van der Waals surface area (Å²) in [5, 5.41) is 13.0. The van der Waals surface area contributed by atoms with Gasteiger partial charge < -0.3 is 10.4 Å². The molecule has 0 saturated heterocycles. The van der Waals surface area contributed by atoms with Crippen LogP contribution >= 0.6 is 27.5 Å². The molecule has 0 fully saturated rings. The number of nitrogens with one attached hydrogen (secondary N) is 1. The van der Waals surface area contributed by atoms with Crippen LogP contribution in [0.15, 0.2) is 47.1 Å². The maximum absolute atomic E-state index is 11.5. The van der Waals surface area contributed by atoms with Crippen molar-refractivity contribution >= 4 is 50.7 Å². The lowest BCUT2D eigenvalue weighted by Gasteiger charge is -2.08. The highest BCUT2D eigenvalue weighted by molar-refractivity contribution is 9.10. The fraction of sp³-hybridized carbons (Fsp3) is 0. The zero-order chi connectivity index (χ0) is 15.0. The molecule has 0 aliphatic rings. The van der Waals surface area contributed by atoms with Crippen molar-refractivity contribution < 1.29 is 9.90 Å². The number of imidazole rings is 1. The molecule has 0 aliphatic heterocycles. The first-order valence-corrected chi connectivity index (χ1v) is 7.16. The van der Waals surface area contributed by atoms with Crippen LogP contribution in [0.4, 0.5) is 11.5 Å². The number of pyridine rings is 1. The van der Waals surface area contributed by atoms with Gasteiger partial charge in [0.2, 0.25) is 0 Å². The summed E-state index contributed by atoms with van der Waals surface area (Å²) in [5.41, 5.74) is 1.27. The summed E-state index contributed by atoms with van der Waals surface area (Å²) in [6.07, 6.45) is 1.66. The van der Waals surface area contributed by atoms with Gasteiger partial charge in [0.1, 0.15) is 5.65 Å². The van der Waals surface area contributed by atoms with Gasteiger partial charge in [0.15, 0.2) is 11.5 Å². The minimum atomic E-state index is -1.06. The van der Waals surface area contributed by atoms with Crippen LogP contribution in [0.2, 0.25) is 5.02 Å². The smallest absolute Gasteiger partial charge is 0.356 e. The van der Waals surface area contributed by atoms with Crippen LogP contribution in [0.1, 0.15) is 10.5 Å². The molecule has 0 spiro atoms. The SMILES string of the molecule is O=C(O)c1c(Nc2cccc(Cl)c2Br)nc2ccccn12. The van der Waals surface area contributed by atoms with E-state index in [4.69, 9.17) is 11.6 Å². The first-order valence-electron chi connectivity index (χ1n) is 5.99. The minimum Gasteiger partial charge on any atom is -0.476 e. The Morgan fingerprint density at radius 1 is 1.29 bits per heavy atom. The molecule has 3 aromatic rings. The standard InChI is InChI=1S/C14H9BrClN3O2/c15-11-8(16)4-3-5-9(11)17-13-12(14(20)21)19-7-2-1-6-10(19)18-13/h1-7,17H,(H,20,21). The predicted octanol–water partition coefficient (Wildman–Crippen LogP) is 4.19. The van der Waals surface area contributed by atoms with Gasteiger partial charge in [-0.25, -0.2) is 9.78 Å². The lowest BCUT2D eigenvalue weighted by Crippen LogP contribution is -2.05. The Morgan fingerprint density at radius 2 is 2.10 bits per heavy atom. The molecule has 2 heterocycles. The molecule has 7 heteroatoms. The van der Waals surface area contributed by atoms with Crippen molar-refractivity contribution in [2.45, 2.75) is 0 Å². The molecule has 0 bridgehead atoms. The van der Waals surface area contributed by atoms with E-state index >= 15 is 0 Å². The summed E-state index contributed by atoms with van der Waals surface area (Å²) < 4.78 is 2.17. The van der Waals surface area contributed by atoms with Crippen LogP contribution in [-0.2, 0) is 0 Å². The molecule has 3 rings (SSSR count). The van der Waals surface area contributed by atoms with E-state index in [2.05, 4.69) is 26.2 Å². The van der Waals surface area contributed by atoms with Crippen molar-refractivity contribution in [3.63, 3.8) is 0 Å². The van der Waals surface area contributed by atoms with Crippen LogP contribution in [0, 0.1) is 0 Å². The first kappa shape index (κ1) is 13.9. The highest BCUT2D eigenvalue weighted by Crippen LogP contribution is 2.33. The number of carboxylic acid groups (broad SMARTS) is 1. The fourth-order valence-electron chi connectivity index (χ4n) is 2.02. The quantitative estimate of drug-likeness (QED) is 0.729. The number of anilines is 2. The molecule has 1 aromatic carbocycles. The average molecular weight is 367 g/mol. The van der Waals surface area contributed by atoms with Gasteiger partial charge >= 0.3 is 5.97 Å². The first-order chi connectivity index (χ1) is 10.1. The minimum absolute atomic E-state index is 0.0671. The summed E-state index contributed by atoms with van der Waals surface area (Å²) in [4.78, 5) is 15.8. The van der Waals surface area contributed by atoms with Gasteiger partial charge in [-0.3, -0.25) is 4.40 Å². The Morgan fingerprint density at radius 3 is 2.86 bits per heavy atom. The monoisotopic (exact) mass is 365 g/mol. The maximum atomic E-state index is 11.5. The van der Waals surface area contributed by atoms with E-state index < -0.39 is 5.97 Å². The van der Waals surface area contributed by atoms with Gasteiger partial charge in [-0.05, 0) is 40.2 Å². The van der Waals surface area contributed by atoms with Crippen molar-refractivity contribution in [1.29, 1.82) is 0 Å². The van der Waals surface area contributed by atoms with Gasteiger partial charge in [0.05, 0.1) is 15.2 Å². The average Bonchev–Trinajstić information content (AvgIpc) is 2.82. The zero-order valence-electron chi connectivity index (χ0n) is 10.5. The third-order valence-electron chi connectivity index (χ3n) is 2.94. The molecule has 0 aliphatic carbocycles. The lowest BCUT2D eigenvalue weighted by atomic mass is 10.3. The number of aromatic carboxylic acids is 1. The summed E-state index contributed by atoms with van der Waals surface area (Å²) in [7, 11) is 0. The van der Waals surface area contributed by atoms with Crippen LogP contribution in [0.3, 0.4) is 0 Å². The Bertz CT molecular complexity index is 847. The molecule has 0 radical (unpaired) electrons. The summed E-state index contributed by atoms with van der Waals surface area (Å²) in [5.74, 6) is -0.800. The summed E-state index contributed by atoms with van der Waals surface area (Å²) >= 11 is 9.40. The van der Waals surface area contributed by atoms with E-state index in [9.17, 15) is 9.90 Å². The van der Waals surface area contributed by atoms with E-state index in [0.29, 0.717) is 20.8 Å². The number of fused-ring (bicyclic) bond motifs is 1. The Labute approximate surface area is 133 Å². The molecule has 106 valence electrons. The number of hydrogen-bond acceptors (Lipinski definition) is 3. The van der Waals surface area contributed by atoms with Gasteiger partial charge in [-0.1, -0.05) is 23.7 Å². The highest BCUT2D eigenvalue weighted by atomic mass is 79.9. The van der Waals surface area contributed by atoms with Crippen molar-refractivity contribution in [3.05, 3.63) is 57.8 Å². The molecule has 2 N–H and O–H groups in total. The largest absolute Gasteiger partial charge is 0.476 e. The van der Waals surface area contributed by atoms with E-state index in [1.807, 2.05) is 0 Å². The van der Waals surface area contributed by atoms with Gasteiger partial charge in [-0.2, -0.15) is 0 Å². The second kappa shape index (κ2) is 5.38. The Hall–Kier alpha value is -2.05. The van der Waals surface area contributed by atoms with Gasteiger partial charge in [0, 0.05) is 6.20 Å². The molecule has 2 aromatic heterocycles. The molecule has 0 saturated carbocycles. The Balaban J connectivity index is 2.14. The number of aromatic nitrogens is 2. The number of hydrogen-bond donors (Lipinski definition) is 2. The van der Waals surface area contributed by atoms with Crippen molar-refractivity contribution in [1.82, 2.24) is 9.38 Å². The third kappa shape index (κ3) is 2.48. The van der Waals surface area contributed by atoms with Gasteiger partial charge in [-0.15, -0.1) is 0 Å². The van der Waals surface area contributed by atoms with Crippen LogP contribution in [0.25, 0.3) is 5.65 Å². The molecule has 5 nitrogen and oxygen atoms in total. The molecular formula is C14H9BrClN3O2. The summed E-state index contributed by atoms with van der Waals surface area (Å²) in [6, 6.07) is 10.6. The van der Waals surface area contributed by atoms with Crippen molar-refractivity contribution in [2.24, 2.45) is 0 Å². The topological polar surface area (TPSA) is 66.6 Å². The molecule has 0 amide bonds. The number of nitrogens with zero attached hydrogens (tertiary/aromatic N) is 2. The Kier molecular flexibility index (Phi) is 3.57. The van der Waals surface area contributed by atoms with Crippen LogP contribution in [0.5, 0.6) is 0 Å².